The number of unbranched alkanes of at least 4 members (excludes halogenated alkanes) is 7. The molecule has 0 aliphatic heterocycles. The number of hydrogen-bond donors (Lipinski definition) is 0. The smallest absolute Gasteiger partial charge is 0.130 e. The van der Waals surface area contributed by atoms with E-state index < -0.39 is 0 Å². The number of fused-ring (bicyclic) bond motifs is 1. The first kappa shape index (κ1) is 21.9. The Bertz CT molecular complexity index is 669. The van der Waals surface area contributed by atoms with Gasteiger partial charge in [0.2, 0.25) is 0 Å². The first-order valence-corrected chi connectivity index (χ1v) is 11.1. The van der Waals surface area contributed by atoms with Gasteiger partial charge in [-0.3, -0.25) is 0 Å². The summed E-state index contributed by atoms with van der Waals surface area (Å²) in [6.45, 7) is 5.89. The third kappa shape index (κ3) is 7.25. The van der Waals surface area contributed by atoms with E-state index in [1.807, 2.05) is 0 Å². The second kappa shape index (κ2) is 12.9. The molecule has 0 bridgehead atoms. The summed E-state index contributed by atoms with van der Waals surface area (Å²) in [5.41, 5.74) is 1.15. The normalized spacial score (nSPS) is 11.1. The summed E-state index contributed by atoms with van der Waals surface area (Å²) in [6, 6.07) is 10.5. The van der Waals surface area contributed by atoms with Crippen molar-refractivity contribution in [1.29, 1.82) is 0 Å². The van der Waals surface area contributed by atoms with E-state index in [1.165, 1.54) is 32.1 Å². The second-order valence-electron chi connectivity index (χ2n) is 7.28. The van der Waals surface area contributed by atoms with Crippen LogP contribution in [0.2, 0.25) is 0 Å². The van der Waals surface area contributed by atoms with Gasteiger partial charge in [0.1, 0.15) is 11.5 Å². The number of alkyl halides is 1. The first-order valence-electron chi connectivity index (χ1n) is 10.6. The van der Waals surface area contributed by atoms with Crippen molar-refractivity contribution in [2.45, 2.75) is 71.6 Å². The van der Waals surface area contributed by atoms with E-state index in [9.17, 15) is 0 Å². The lowest BCUT2D eigenvalue weighted by Crippen LogP contribution is -2.02. The summed E-state index contributed by atoms with van der Waals surface area (Å²) in [5.74, 6) is 2.70. The van der Waals surface area contributed by atoms with Gasteiger partial charge in [-0.1, -0.05) is 63.3 Å². The Hall–Kier alpha value is -1.41. The average molecular weight is 391 g/mol. The van der Waals surface area contributed by atoms with E-state index in [0.29, 0.717) is 0 Å². The molecule has 150 valence electrons. The Morgan fingerprint density at radius 1 is 0.778 bits per heavy atom. The van der Waals surface area contributed by atoms with E-state index in [-0.39, 0.29) is 0 Å². The van der Waals surface area contributed by atoms with Gasteiger partial charge in [-0.05, 0) is 44.2 Å². The van der Waals surface area contributed by atoms with E-state index in [1.54, 1.807) is 0 Å². The van der Waals surface area contributed by atoms with Gasteiger partial charge < -0.3 is 9.47 Å². The van der Waals surface area contributed by atoms with E-state index in [4.69, 9.17) is 21.1 Å². The van der Waals surface area contributed by atoms with Gasteiger partial charge in [0.25, 0.3) is 0 Å². The average Bonchev–Trinajstić information content (AvgIpc) is 2.69. The largest absolute Gasteiger partial charge is 0.493 e. The minimum Gasteiger partial charge on any atom is -0.493 e. The zero-order valence-corrected chi connectivity index (χ0v) is 17.8. The lowest BCUT2D eigenvalue weighted by Gasteiger charge is -2.16. The number of ether oxygens (including phenoxy) is 2. The van der Waals surface area contributed by atoms with Gasteiger partial charge in [-0.25, -0.2) is 0 Å². The molecule has 0 heterocycles. The summed E-state index contributed by atoms with van der Waals surface area (Å²) in [7, 11) is 0. The van der Waals surface area contributed by atoms with Gasteiger partial charge in [0.05, 0.1) is 13.2 Å². The maximum atomic E-state index is 6.20. The molecule has 0 unspecified atom stereocenters. The van der Waals surface area contributed by atoms with Crippen LogP contribution in [0.1, 0.15) is 70.3 Å². The van der Waals surface area contributed by atoms with Crippen molar-refractivity contribution in [2.75, 3.05) is 19.1 Å². The van der Waals surface area contributed by atoms with Crippen LogP contribution >= 0.6 is 11.6 Å². The predicted octanol–water partition coefficient (Wildman–Crippen LogP) is 7.68. The Balaban J connectivity index is 1.97. The third-order valence-electron chi connectivity index (χ3n) is 4.92. The highest BCUT2D eigenvalue weighted by molar-refractivity contribution is 6.17. The molecule has 0 saturated carbocycles. The fraction of sp³-hybridized carbons (Fsp3) is 0.583. The zero-order valence-electron chi connectivity index (χ0n) is 17.1. The van der Waals surface area contributed by atoms with Gasteiger partial charge in [0.15, 0.2) is 0 Å². The number of benzene rings is 2. The van der Waals surface area contributed by atoms with E-state index in [0.717, 1.165) is 72.6 Å². The topological polar surface area (TPSA) is 18.5 Å². The molecule has 0 atom stereocenters. The van der Waals surface area contributed by atoms with Gasteiger partial charge >= 0.3 is 0 Å². The highest BCUT2D eigenvalue weighted by atomic mass is 35.5. The Morgan fingerprint density at radius 2 is 1.41 bits per heavy atom. The molecule has 0 aliphatic carbocycles. The van der Waals surface area contributed by atoms with Crippen molar-refractivity contribution in [2.24, 2.45) is 0 Å². The monoisotopic (exact) mass is 390 g/mol. The SMILES string of the molecule is CCCCCCCCOc1c(C)cc(OCCCCCCl)c2ccccc12. The van der Waals surface area contributed by atoms with Gasteiger partial charge in [0, 0.05) is 16.7 Å². The maximum absolute atomic E-state index is 6.20. The summed E-state index contributed by atoms with van der Waals surface area (Å²) in [4.78, 5) is 0. The Kier molecular flexibility index (Phi) is 10.4. The van der Waals surface area contributed by atoms with Crippen LogP contribution in [0.15, 0.2) is 30.3 Å². The summed E-state index contributed by atoms with van der Waals surface area (Å²) in [6.07, 6.45) is 10.9. The van der Waals surface area contributed by atoms with Crippen LogP contribution in [-0.4, -0.2) is 19.1 Å². The molecule has 0 spiro atoms. The lowest BCUT2D eigenvalue weighted by atomic mass is 10.0. The van der Waals surface area contributed by atoms with Crippen LogP contribution in [0.25, 0.3) is 10.8 Å². The minimum atomic E-state index is 0.729. The highest BCUT2D eigenvalue weighted by Crippen LogP contribution is 2.36. The molecule has 2 aromatic rings. The van der Waals surface area contributed by atoms with E-state index in [2.05, 4.69) is 44.2 Å². The molecule has 0 radical (unpaired) electrons. The molecule has 3 heteroatoms. The van der Waals surface area contributed by atoms with Crippen LogP contribution in [0.5, 0.6) is 11.5 Å². The van der Waals surface area contributed by atoms with Crippen molar-refractivity contribution in [3.05, 3.63) is 35.9 Å². The maximum Gasteiger partial charge on any atom is 0.130 e. The molecule has 2 aromatic carbocycles. The first-order chi connectivity index (χ1) is 13.3. The van der Waals surface area contributed by atoms with Crippen molar-refractivity contribution in [3.63, 3.8) is 0 Å². The van der Waals surface area contributed by atoms with Crippen LogP contribution in [-0.2, 0) is 0 Å². The third-order valence-corrected chi connectivity index (χ3v) is 5.19. The van der Waals surface area contributed by atoms with Crippen LogP contribution in [0, 0.1) is 6.92 Å². The van der Waals surface area contributed by atoms with Crippen molar-refractivity contribution in [3.8, 4) is 11.5 Å². The lowest BCUT2D eigenvalue weighted by molar-refractivity contribution is 0.300. The fourth-order valence-corrected chi connectivity index (χ4v) is 3.56. The van der Waals surface area contributed by atoms with Crippen molar-refractivity contribution < 1.29 is 9.47 Å². The van der Waals surface area contributed by atoms with E-state index >= 15 is 0 Å². The molecule has 0 N–H and O–H groups in total. The Labute approximate surface area is 170 Å². The standard InChI is InChI=1S/C24H35ClO2/c1-3-4-5-6-7-12-18-27-24-20(2)19-23(26-17-13-8-11-16-25)21-14-9-10-15-22(21)24/h9-10,14-15,19H,3-8,11-13,16-18H2,1-2H3. The molecular formula is C24H35ClO2. The molecule has 0 fully saturated rings. The predicted molar refractivity (Wildman–Crippen MR) is 118 cm³/mol. The van der Waals surface area contributed by atoms with Gasteiger partial charge in [-0.2, -0.15) is 0 Å². The molecule has 27 heavy (non-hydrogen) atoms. The molecule has 2 nitrogen and oxygen atoms in total. The molecule has 0 saturated heterocycles. The zero-order chi connectivity index (χ0) is 19.3. The number of halogens is 1. The number of hydrogen-bond acceptors (Lipinski definition) is 2. The minimum absolute atomic E-state index is 0.729. The van der Waals surface area contributed by atoms with Crippen molar-refractivity contribution >= 4 is 22.4 Å². The Morgan fingerprint density at radius 3 is 2.15 bits per heavy atom. The van der Waals surface area contributed by atoms with Gasteiger partial charge in [-0.15, -0.1) is 11.6 Å². The molecule has 0 aliphatic rings. The van der Waals surface area contributed by atoms with Crippen LogP contribution in [0.3, 0.4) is 0 Å². The number of rotatable bonds is 14. The summed E-state index contributed by atoms with van der Waals surface area (Å²) in [5, 5.41) is 2.29. The van der Waals surface area contributed by atoms with Crippen LogP contribution in [0.4, 0.5) is 0 Å². The van der Waals surface area contributed by atoms with Crippen molar-refractivity contribution in [1.82, 2.24) is 0 Å². The molecule has 2 rings (SSSR count). The summed E-state index contributed by atoms with van der Waals surface area (Å²) >= 11 is 5.74. The molecular weight excluding hydrogens is 356 g/mol. The quantitative estimate of drug-likeness (QED) is 0.243. The van der Waals surface area contributed by atoms with Crippen LogP contribution < -0.4 is 9.47 Å². The molecule has 0 aromatic heterocycles. The summed E-state index contributed by atoms with van der Waals surface area (Å²) < 4.78 is 12.3. The fourth-order valence-electron chi connectivity index (χ4n) is 3.37. The highest BCUT2D eigenvalue weighted by Gasteiger charge is 2.11. The second-order valence-corrected chi connectivity index (χ2v) is 7.66. The molecule has 0 amide bonds. The number of aryl methyl sites for hydroxylation is 1.